The maximum Gasteiger partial charge on any atom is 0.193 e. The van der Waals surface area contributed by atoms with Crippen LogP contribution < -0.4 is 15.8 Å². The maximum atomic E-state index is 5.91. The summed E-state index contributed by atoms with van der Waals surface area (Å²) in [6.07, 6.45) is 4.00. The summed E-state index contributed by atoms with van der Waals surface area (Å²) in [5.41, 5.74) is 6.85. The van der Waals surface area contributed by atoms with Gasteiger partial charge in [0.15, 0.2) is 5.96 Å². The van der Waals surface area contributed by atoms with E-state index in [1.807, 2.05) is 24.3 Å². The Bertz CT molecular complexity index is 456. The number of guanidine groups is 1. The van der Waals surface area contributed by atoms with Gasteiger partial charge in [0.2, 0.25) is 0 Å². The van der Waals surface area contributed by atoms with E-state index in [1.54, 1.807) is 7.11 Å². The molecule has 2 aliphatic carbocycles. The Morgan fingerprint density at radius 1 is 1.32 bits per heavy atom. The minimum atomic E-state index is 0. The molecule has 104 valence electrons. The molecule has 4 nitrogen and oxygen atoms in total. The zero-order valence-electron chi connectivity index (χ0n) is 11.0. The highest BCUT2D eigenvalue weighted by Crippen LogP contribution is 2.51. The molecule has 0 bridgehead atoms. The van der Waals surface area contributed by atoms with Crippen molar-refractivity contribution in [1.82, 2.24) is 0 Å². The fourth-order valence-electron chi connectivity index (χ4n) is 2.41. The third kappa shape index (κ3) is 3.75. The van der Waals surface area contributed by atoms with Crippen molar-refractivity contribution in [1.29, 1.82) is 0 Å². The van der Waals surface area contributed by atoms with Crippen molar-refractivity contribution >= 4 is 35.6 Å². The quantitative estimate of drug-likeness (QED) is 0.485. The number of rotatable bonds is 4. The summed E-state index contributed by atoms with van der Waals surface area (Å²) in [6.45, 7) is 0. The number of nitrogens with one attached hydrogen (secondary N) is 1. The van der Waals surface area contributed by atoms with Crippen molar-refractivity contribution in [2.45, 2.75) is 25.3 Å². The van der Waals surface area contributed by atoms with Crippen LogP contribution in [0, 0.1) is 11.8 Å². The van der Waals surface area contributed by atoms with Crippen LogP contribution in [0.15, 0.2) is 29.3 Å². The van der Waals surface area contributed by atoms with Crippen LogP contribution in [0.5, 0.6) is 5.75 Å². The molecule has 2 aliphatic rings. The van der Waals surface area contributed by atoms with Gasteiger partial charge < -0.3 is 15.8 Å². The molecule has 0 unspecified atom stereocenters. The first-order chi connectivity index (χ1) is 8.76. The monoisotopic (exact) mass is 373 g/mol. The van der Waals surface area contributed by atoms with E-state index in [9.17, 15) is 0 Å². The number of aliphatic imine (C=N–C) groups is 1. The molecule has 0 radical (unpaired) electrons. The van der Waals surface area contributed by atoms with Crippen molar-refractivity contribution in [3.05, 3.63) is 24.3 Å². The van der Waals surface area contributed by atoms with E-state index >= 15 is 0 Å². The smallest absolute Gasteiger partial charge is 0.193 e. The van der Waals surface area contributed by atoms with E-state index in [1.165, 1.54) is 19.3 Å². The molecule has 2 atom stereocenters. The van der Waals surface area contributed by atoms with Crippen molar-refractivity contribution in [2.75, 3.05) is 12.4 Å². The van der Waals surface area contributed by atoms with Crippen LogP contribution in [0.4, 0.5) is 5.69 Å². The lowest BCUT2D eigenvalue weighted by Gasteiger charge is -2.06. The highest BCUT2D eigenvalue weighted by Gasteiger charge is 2.47. The predicted octanol–water partition coefficient (Wildman–Crippen LogP) is 2.84. The van der Waals surface area contributed by atoms with Crippen molar-refractivity contribution in [2.24, 2.45) is 22.6 Å². The molecule has 0 aliphatic heterocycles. The van der Waals surface area contributed by atoms with E-state index in [0.29, 0.717) is 12.0 Å². The summed E-state index contributed by atoms with van der Waals surface area (Å²) in [7, 11) is 1.66. The standard InChI is InChI=1S/C14H19N3O.HI/c1-18-11-6-4-10(5-7-11)16-14(15)17-13-8-12(13)9-2-3-9;/h4-7,9,12-13H,2-3,8H2,1H3,(H3,15,16,17);1H/t12-,13+;/m0./s1. The second-order valence-electron chi connectivity index (χ2n) is 5.17. The number of anilines is 1. The van der Waals surface area contributed by atoms with Crippen LogP contribution in [-0.4, -0.2) is 19.1 Å². The highest BCUT2D eigenvalue weighted by atomic mass is 127. The molecule has 1 aromatic carbocycles. The van der Waals surface area contributed by atoms with Gasteiger partial charge in [0, 0.05) is 5.69 Å². The third-order valence-corrected chi connectivity index (χ3v) is 3.70. The number of methoxy groups -OCH3 is 1. The van der Waals surface area contributed by atoms with Crippen LogP contribution in [0.2, 0.25) is 0 Å². The lowest BCUT2D eigenvalue weighted by molar-refractivity contribution is 0.415. The van der Waals surface area contributed by atoms with Gasteiger partial charge in [-0.3, -0.25) is 0 Å². The molecule has 5 heteroatoms. The number of nitrogens with two attached hydrogens (primary N) is 1. The maximum absolute atomic E-state index is 5.91. The molecule has 3 N–H and O–H groups in total. The lowest BCUT2D eigenvalue weighted by atomic mass is 10.3. The third-order valence-electron chi connectivity index (χ3n) is 3.70. The summed E-state index contributed by atoms with van der Waals surface area (Å²) in [5.74, 6) is 3.11. The molecule has 0 amide bonds. The van der Waals surface area contributed by atoms with Gasteiger partial charge in [-0.2, -0.15) is 0 Å². The van der Waals surface area contributed by atoms with Crippen LogP contribution in [0.1, 0.15) is 19.3 Å². The Morgan fingerprint density at radius 3 is 2.58 bits per heavy atom. The topological polar surface area (TPSA) is 59.6 Å². The Labute approximate surface area is 130 Å². The molecular formula is C14H20IN3O. The van der Waals surface area contributed by atoms with Crippen LogP contribution >= 0.6 is 24.0 Å². The fourth-order valence-corrected chi connectivity index (χ4v) is 2.41. The summed E-state index contributed by atoms with van der Waals surface area (Å²) in [5, 5.41) is 3.12. The van der Waals surface area contributed by atoms with Gasteiger partial charge in [0.25, 0.3) is 0 Å². The summed E-state index contributed by atoms with van der Waals surface area (Å²) >= 11 is 0. The number of hydrogen-bond acceptors (Lipinski definition) is 2. The Kier molecular flexibility index (Phi) is 4.54. The van der Waals surface area contributed by atoms with Crippen LogP contribution in [0.3, 0.4) is 0 Å². The first-order valence-electron chi connectivity index (χ1n) is 6.50. The van der Waals surface area contributed by atoms with Gasteiger partial charge in [-0.1, -0.05) is 0 Å². The molecule has 2 fully saturated rings. The number of ether oxygens (including phenoxy) is 1. The van der Waals surface area contributed by atoms with Crippen molar-refractivity contribution in [3.8, 4) is 5.75 Å². The van der Waals surface area contributed by atoms with E-state index in [4.69, 9.17) is 10.5 Å². The van der Waals surface area contributed by atoms with Gasteiger partial charge in [-0.15, -0.1) is 24.0 Å². The van der Waals surface area contributed by atoms with Gasteiger partial charge in [-0.05, 0) is 55.4 Å². The SMILES string of the molecule is COc1ccc(NC(N)=N[C@@H]2C[C@H]2C2CC2)cc1.I. The molecule has 0 spiro atoms. The molecule has 0 heterocycles. The molecule has 0 aromatic heterocycles. The van der Waals surface area contributed by atoms with Crippen molar-refractivity contribution in [3.63, 3.8) is 0 Å². The first-order valence-corrected chi connectivity index (χ1v) is 6.50. The molecule has 2 saturated carbocycles. The van der Waals surface area contributed by atoms with Crippen LogP contribution in [-0.2, 0) is 0 Å². The second kappa shape index (κ2) is 5.98. The van der Waals surface area contributed by atoms with Gasteiger partial charge >= 0.3 is 0 Å². The lowest BCUT2D eigenvalue weighted by Crippen LogP contribution is -2.23. The van der Waals surface area contributed by atoms with E-state index < -0.39 is 0 Å². The van der Waals surface area contributed by atoms with Crippen molar-refractivity contribution < 1.29 is 4.74 Å². The summed E-state index contributed by atoms with van der Waals surface area (Å²) in [4.78, 5) is 4.52. The minimum absolute atomic E-state index is 0. The molecule has 19 heavy (non-hydrogen) atoms. The van der Waals surface area contributed by atoms with E-state index in [0.717, 1.165) is 23.3 Å². The number of nitrogens with zero attached hydrogens (tertiary/aromatic N) is 1. The normalized spacial score (nSPS) is 25.4. The molecular weight excluding hydrogens is 353 g/mol. The summed E-state index contributed by atoms with van der Waals surface area (Å²) < 4.78 is 5.11. The average Bonchev–Trinajstić information content (AvgIpc) is 3.23. The summed E-state index contributed by atoms with van der Waals surface area (Å²) in [6, 6.07) is 8.14. The minimum Gasteiger partial charge on any atom is -0.497 e. The highest BCUT2D eigenvalue weighted by molar-refractivity contribution is 14.0. The van der Waals surface area contributed by atoms with Gasteiger partial charge in [-0.25, -0.2) is 4.99 Å². The Morgan fingerprint density at radius 2 is 2.00 bits per heavy atom. The first kappa shape index (κ1) is 14.4. The molecule has 3 rings (SSSR count). The number of hydrogen-bond donors (Lipinski definition) is 2. The number of benzene rings is 1. The Hall–Kier alpha value is -0.980. The molecule has 1 aromatic rings. The van der Waals surface area contributed by atoms with E-state index in [-0.39, 0.29) is 24.0 Å². The van der Waals surface area contributed by atoms with E-state index in [2.05, 4.69) is 10.3 Å². The number of halogens is 1. The largest absolute Gasteiger partial charge is 0.497 e. The van der Waals surface area contributed by atoms with Crippen LogP contribution in [0.25, 0.3) is 0 Å². The zero-order valence-corrected chi connectivity index (χ0v) is 13.3. The second-order valence-corrected chi connectivity index (χ2v) is 5.17. The Balaban J connectivity index is 0.00000133. The van der Waals surface area contributed by atoms with Gasteiger partial charge in [0.1, 0.15) is 5.75 Å². The predicted molar refractivity (Wildman–Crippen MR) is 88.3 cm³/mol. The molecule has 0 saturated heterocycles. The average molecular weight is 373 g/mol. The van der Waals surface area contributed by atoms with Gasteiger partial charge in [0.05, 0.1) is 13.2 Å². The zero-order chi connectivity index (χ0) is 12.5. The fraction of sp³-hybridized carbons (Fsp3) is 0.500.